The zero-order valence-corrected chi connectivity index (χ0v) is 21.0. The van der Waals surface area contributed by atoms with Gasteiger partial charge < -0.3 is 30.4 Å². The Morgan fingerprint density at radius 2 is 1.81 bits per heavy atom. The molecule has 2 aromatic carbocycles. The maximum absolute atomic E-state index is 12.4. The van der Waals surface area contributed by atoms with E-state index in [1.165, 1.54) is 24.3 Å². The summed E-state index contributed by atoms with van der Waals surface area (Å²) < 4.78 is 61.6. The molecule has 0 saturated heterocycles. The van der Waals surface area contributed by atoms with Gasteiger partial charge in [0.25, 0.3) is 0 Å². The molecule has 0 amide bonds. The molecule has 2 N–H and O–H groups in total. The van der Waals surface area contributed by atoms with Crippen LogP contribution in [-0.4, -0.2) is 45.4 Å². The molecule has 1 aliphatic heterocycles. The van der Waals surface area contributed by atoms with Crippen molar-refractivity contribution in [1.82, 2.24) is 5.32 Å². The van der Waals surface area contributed by atoms with Crippen LogP contribution in [0.4, 0.5) is 18.9 Å². The number of nitrogens with one attached hydrogen (secondary N) is 2. The molecule has 8 nitrogen and oxygen atoms in total. The highest BCUT2D eigenvalue weighted by Crippen LogP contribution is 2.38. The predicted octanol–water partition coefficient (Wildman–Crippen LogP) is 1.41. The summed E-state index contributed by atoms with van der Waals surface area (Å²) in [7, 11) is -4.10. The molecule has 2 atom stereocenters. The van der Waals surface area contributed by atoms with Crippen molar-refractivity contribution in [2.45, 2.75) is 42.8 Å². The Morgan fingerprint density at radius 1 is 1.14 bits per heavy atom. The van der Waals surface area contributed by atoms with Crippen LogP contribution in [0.1, 0.15) is 35.4 Å². The first-order valence-electron chi connectivity index (χ1n) is 11.3. The smallest absolute Gasteiger partial charge is 0.390 e. The molecule has 0 spiro atoms. The number of sulfone groups is 1. The number of carbonyl (C=O) groups excluding carboxylic acids is 2. The van der Waals surface area contributed by atoms with E-state index in [1.807, 2.05) is 0 Å². The number of anilines is 1. The van der Waals surface area contributed by atoms with E-state index in [2.05, 4.69) is 10.6 Å². The molecule has 1 aliphatic rings. The highest BCUT2D eigenvalue weighted by molar-refractivity contribution is 7.91. The number of halogens is 4. The van der Waals surface area contributed by atoms with Crippen LogP contribution in [-0.2, 0) is 32.4 Å². The third-order valence-corrected chi connectivity index (χ3v) is 8.24. The topological polar surface area (TPSA) is 138 Å². The quantitative estimate of drug-likeness (QED) is 0.445. The van der Waals surface area contributed by atoms with Crippen LogP contribution in [0.15, 0.2) is 41.3 Å². The second kappa shape index (κ2) is 11.7. The Morgan fingerprint density at radius 3 is 2.41 bits per heavy atom. The molecule has 0 radical (unpaired) electrons. The van der Waals surface area contributed by atoms with Crippen molar-refractivity contribution in [3.63, 3.8) is 0 Å². The molecule has 0 saturated carbocycles. The largest absolute Gasteiger partial charge is 0.550 e. The lowest BCUT2D eigenvalue weighted by Crippen LogP contribution is -2.41. The number of benzene rings is 2. The number of carboxylic acids is 2. The average molecular weight is 561 g/mol. The molecule has 0 aromatic heterocycles. The van der Waals surface area contributed by atoms with E-state index in [0.717, 1.165) is 0 Å². The van der Waals surface area contributed by atoms with Gasteiger partial charge in [-0.1, -0.05) is 29.8 Å². The minimum Gasteiger partial charge on any atom is -0.550 e. The maximum Gasteiger partial charge on any atom is 0.390 e. The molecule has 2 unspecified atom stereocenters. The van der Waals surface area contributed by atoms with Gasteiger partial charge in [0.1, 0.15) is 0 Å². The third-order valence-electron chi connectivity index (χ3n) is 6.19. The SMILES string of the molecule is O=C([O-])CC(C(=O)[O-])C1CNCCc2c1ccc(Cl)c2NCc1ccc(S(=O)(=O)CCC(F)(F)F)cc1. The Hall–Kier alpha value is -2.83. The second-order valence-corrected chi connectivity index (χ2v) is 11.3. The standard InChI is InChI=1S/C24H26ClF3N2O6S/c25-20-6-5-16-17(7-9-29-13-19(16)18(23(33)34)11-21(31)32)22(20)30-12-14-1-3-15(4-2-14)37(35,36)10-8-24(26,27)28/h1-6,18-19,29-30H,7-13H2,(H,31,32)(H,33,34)/p-2. The van der Waals surface area contributed by atoms with Crippen molar-refractivity contribution in [3.05, 3.63) is 58.1 Å². The average Bonchev–Trinajstić information content (AvgIpc) is 3.03. The monoisotopic (exact) mass is 560 g/mol. The molecule has 13 heteroatoms. The summed E-state index contributed by atoms with van der Waals surface area (Å²) in [6.07, 6.45) is -6.26. The predicted molar refractivity (Wildman–Crippen MR) is 125 cm³/mol. The molecule has 0 bridgehead atoms. The minimum atomic E-state index is -4.58. The van der Waals surface area contributed by atoms with Crippen molar-refractivity contribution in [2.24, 2.45) is 5.92 Å². The third kappa shape index (κ3) is 7.59. The summed E-state index contributed by atoms with van der Waals surface area (Å²) in [5.74, 6) is -6.08. The van der Waals surface area contributed by atoms with Gasteiger partial charge in [-0.3, -0.25) is 0 Å². The number of rotatable bonds is 10. The Balaban J connectivity index is 1.82. The molecule has 2 aromatic rings. The normalized spacial score (nSPS) is 16.9. The van der Waals surface area contributed by atoms with Crippen molar-refractivity contribution < 1.29 is 41.4 Å². The molecule has 1 heterocycles. The number of fused-ring (bicyclic) bond motifs is 1. The van der Waals surface area contributed by atoms with Gasteiger partial charge >= 0.3 is 6.18 Å². The second-order valence-electron chi connectivity index (χ2n) is 8.73. The van der Waals surface area contributed by atoms with Crippen LogP contribution in [0.3, 0.4) is 0 Å². The fourth-order valence-electron chi connectivity index (χ4n) is 4.33. The molecule has 0 fully saturated rings. The summed E-state index contributed by atoms with van der Waals surface area (Å²) in [6, 6.07) is 8.65. The lowest BCUT2D eigenvalue weighted by atomic mass is 9.81. The number of carbonyl (C=O) groups is 2. The van der Waals surface area contributed by atoms with E-state index in [1.54, 1.807) is 12.1 Å². The van der Waals surface area contributed by atoms with Crippen LogP contribution >= 0.6 is 11.6 Å². The molecule has 37 heavy (non-hydrogen) atoms. The van der Waals surface area contributed by atoms with E-state index >= 15 is 0 Å². The van der Waals surface area contributed by atoms with Gasteiger partial charge in [0.2, 0.25) is 0 Å². The first-order chi connectivity index (χ1) is 17.3. The lowest BCUT2D eigenvalue weighted by Gasteiger charge is -2.30. The molecule has 0 aliphatic carbocycles. The highest BCUT2D eigenvalue weighted by atomic mass is 35.5. The van der Waals surface area contributed by atoms with Gasteiger partial charge in [0, 0.05) is 36.9 Å². The number of aliphatic carboxylic acids is 2. The van der Waals surface area contributed by atoms with Crippen molar-refractivity contribution in [2.75, 3.05) is 24.2 Å². The molecular formula is C24H24ClF3N2O6S-2. The van der Waals surface area contributed by atoms with E-state index in [0.29, 0.717) is 40.4 Å². The zero-order valence-electron chi connectivity index (χ0n) is 19.4. The number of hydrogen-bond donors (Lipinski definition) is 2. The van der Waals surface area contributed by atoms with E-state index in [4.69, 9.17) is 11.6 Å². The van der Waals surface area contributed by atoms with Crippen LogP contribution in [0.5, 0.6) is 0 Å². The van der Waals surface area contributed by atoms with Crippen LogP contribution < -0.4 is 20.8 Å². The first kappa shape index (κ1) is 28.7. The summed E-state index contributed by atoms with van der Waals surface area (Å²) in [6.45, 7) is 0.873. The summed E-state index contributed by atoms with van der Waals surface area (Å²) in [5.41, 5.74) is 2.45. The van der Waals surface area contributed by atoms with Crippen LogP contribution in [0, 0.1) is 5.92 Å². The fourth-order valence-corrected chi connectivity index (χ4v) is 5.86. The van der Waals surface area contributed by atoms with Gasteiger partial charge in [0.15, 0.2) is 9.84 Å². The van der Waals surface area contributed by atoms with Crippen molar-refractivity contribution in [1.29, 1.82) is 0 Å². The Bertz CT molecular complexity index is 1250. The molecular weight excluding hydrogens is 537 g/mol. The number of carboxylic acid groups (broad SMARTS) is 2. The van der Waals surface area contributed by atoms with Gasteiger partial charge in [-0.05, 0) is 54.3 Å². The van der Waals surface area contributed by atoms with Gasteiger partial charge in [0.05, 0.1) is 27.8 Å². The summed E-state index contributed by atoms with van der Waals surface area (Å²) in [4.78, 5) is 22.7. The molecule has 202 valence electrons. The Kier molecular flexibility index (Phi) is 9.09. The first-order valence-corrected chi connectivity index (χ1v) is 13.4. The maximum atomic E-state index is 12.4. The zero-order chi connectivity index (χ0) is 27.4. The minimum absolute atomic E-state index is 0.181. The van der Waals surface area contributed by atoms with Crippen molar-refractivity contribution in [3.8, 4) is 0 Å². The van der Waals surface area contributed by atoms with Gasteiger partial charge in [-0.15, -0.1) is 0 Å². The van der Waals surface area contributed by atoms with Gasteiger partial charge in [-0.25, -0.2) is 8.42 Å². The Labute approximate surface area is 216 Å². The van der Waals surface area contributed by atoms with Crippen LogP contribution in [0.2, 0.25) is 5.02 Å². The van der Waals surface area contributed by atoms with Crippen molar-refractivity contribution >= 4 is 39.1 Å². The van der Waals surface area contributed by atoms with E-state index in [-0.39, 0.29) is 18.0 Å². The highest BCUT2D eigenvalue weighted by Gasteiger charge is 2.31. The van der Waals surface area contributed by atoms with E-state index < -0.39 is 58.4 Å². The summed E-state index contributed by atoms with van der Waals surface area (Å²) >= 11 is 6.42. The fraction of sp³-hybridized carbons (Fsp3) is 0.417. The number of alkyl halides is 3. The summed E-state index contributed by atoms with van der Waals surface area (Å²) in [5, 5.41) is 29.5. The van der Waals surface area contributed by atoms with Crippen LogP contribution in [0.25, 0.3) is 0 Å². The lowest BCUT2D eigenvalue weighted by molar-refractivity contribution is -0.321. The number of hydrogen-bond acceptors (Lipinski definition) is 8. The van der Waals surface area contributed by atoms with Gasteiger partial charge in [-0.2, -0.15) is 13.2 Å². The van der Waals surface area contributed by atoms with E-state index in [9.17, 15) is 41.4 Å². The molecule has 3 rings (SSSR count).